The normalized spacial score (nSPS) is 4.67. The van der Waals surface area contributed by atoms with Gasteiger partial charge in [0.25, 0.3) is 0 Å². The first-order valence-corrected chi connectivity index (χ1v) is 1.65. The summed E-state index contributed by atoms with van der Waals surface area (Å²) in [7, 11) is 0. The summed E-state index contributed by atoms with van der Waals surface area (Å²) in [6.45, 7) is 1.84. The number of hydrogen-bond acceptors (Lipinski definition) is 0. The maximum Gasteiger partial charge on any atom is 0.0320 e. The summed E-state index contributed by atoms with van der Waals surface area (Å²) in [5, 5.41) is 0. The standard InChI is InChI=1S/C6H5/c1-3-5-6-4-2/h1,4H,2H3. The van der Waals surface area contributed by atoms with Crippen molar-refractivity contribution in [1.29, 1.82) is 0 Å². The van der Waals surface area contributed by atoms with E-state index in [1.165, 1.54) is 0 Å². The fourth-order valence-corrected chi connectivity index (χ4v) is 0.114. The molecule has 0 bridgehead atoms. The van der Waals surface area contributed by atoms with E-state index < -0.39 is 0 Å². The molecule has 29 valence electrons. The number of hydrogen-bond donors (Lipinski definition) is 0. The van der Waals surface area contributed by atoms with Crippen LogP contribution in [0.2, 0.25) is 0 Å². The van der Waals surface area contributed by atoms with E-state index >= 15 is 0 Å². The van der Waals surface area contributed by atoms with Gasteiger partial charge in [0.05, 0.1) is 0 Å². The van der Waals surface area contributed by atoms with Crippen LogP contribution in [0.5, 0.6) is 0 Å². The fraction of sp³-hybridized carbons (Fsp3) is 0.167. The summed E-state index contributed by atoms with van der Waals surface area (Å²) in [6.07, 6.45) is 6.48. The molecule has 0 heteroatoms. The van der Waals surface area contributed by atoms with E-state index in [9.17, 15) is 0 Å². The highest BCUT2D eigenvalue weighted by Crippen LogP contribution is 1.60. The average molecular weight is 77.1 g/mol. The van der Waals surface area contributed by atoms with E-state index in [0.29, 0.717) is 0 Å². The Labute approximate surface area is 38.6 Å². The van der Waals surface area contributed by atoms with Crippen LogP contribution in [0.15, 0.2) is 0 Å². The van der Waals surface area contributed by atoms with Crippen LogP contribution in [0, 0.1) is 30.6 Å². The first-order chi connectivity index (χ1) is 2.91. The van der Waals surface area contributed by atoms with Crippen molar-refractivity contribution in [3.05, 3.63) is 6.42 Å². The molecular formula is C6H5. The smallest absolute Gasteiger partial charge is 0.0320 e. The number of rotatable bonds is 0. The molecule has 0 aliphatic heterocycles. The van der Waals surface area contributed by atoms with Crippen molar-refractivity contribution < 1.29 is 0 Å². The van der Waals surface area contributed by atoms with E-state index in [-0.39, 0.29) is 0 Å². The van der Waals surface area contributed by atoms with Gasteiger partial charge in [0.15, 0.2) is 0 Å². The Kier molecular flexibility index (Phi) is 3.52. The molecule has 0 aromatic carbocycles. The fourth-order valence-electron chi connectivity index (χ4n) is 0.114. The summed E-state index contributed by atoms with van der Waals surface area (Å²) in [4.78, 5) is 0. The summed E-state index contributed by atoms with van der Waals surface area (Å²) in [5.41, 5.74) is 0. The van der Waals surface area contributed by atoms with Gasteiger partial charge in [-0.05, 0) is 11.8 Å². The van der Waals surface area contributed by atoms with E-state index in [1.54, 1.807) is 6.42 Å². The van der Waals surface area contributed by atoms with Gasteiger partial charge >= 0.3 is 0 Å². The second kappa shape index (κ2) is 4.12. The maximum atomic E-state index is 4.77. The largest absolute Gasteiger partial charge is 0.106 e. The van der Waals surface area contributed by atoms with Gasteiger partial charge < -0.3 is 0 Å². The quantitative estimate of drug-likeness (QED) is 0.376. The van der Waals surface area contributed by atoms with Crippen molar-refractivity contribution in [3.63, 3.8) is 0 Å². The van der Waals surface area contributed by atoms with Crippen molar-refractivity contribution in [2.75, 3.05) is 0 Å². The molecule has 0 fully saturated rings. The van der Waals surface area contributed by atoms with E-state index in [4.69, 9.17) is 6.42 Å². The Morgan fingerprint density at radius 3 is 2.50 bits per heavy atom. The van der Waals surface area contributed by atoms with Crippen LogP contribution in [-0.2, 0) is 0 Å². The van der Waals surface area contributed by atoms with Crippen LogP contribution in [0.4, 0.5) is 0 Å². The first-order valence-electron chi connectivity index (χ1n) is 1.65. The van der Waals surface area contributed by atoms with Crippen LogP contribution < -0.4 is 0 Å². The minimum Gasteiger partial charge on any atom is -0.106 e. The SMILES string of the molecule is C#CC#C[CH]C. The van der Waals surface area contributed by atoms with Gasteiger partial charge in [0, 0.05) is 6.42 Å². The van der Waals surface area contributed by atoms with Gasteiger partial charge in [0.2, 0.25) is 0 Å². The molecule has 0 unspecified atom stereocenters. The topological polar surface area (TPSA) is 0 Å². The van der Waals surface area contributed by atoms with Crippen molar-refractivity contribution >= 4 is 0 Å². The Hall–Kier alpha value is -0.880. The van der Waals surface area contributed by atoms with E-state index in [0.717, 1.165) is 0 Å². The molecule has 0 heterocycles. The van der Waals surface area contributed by atoms with Gasteiger partial charge in [-0.25, -0.2) is 0 Å². The molecule has 0 amide bonds. The third-order valence-electron chi connectivity index (χ3n) is 0.289. The molecule has 1 radical (unpaired) electrons. The lowest BCUT2D eigenvalue weighted by Crippen LogP contribution is -1.50. The van der Waals surface area contributed by atoms with Gasteiger partial charge in [-0.3, -0.25) is 0 Å². The highest BCUT2D eigenvalue weighted by Gasteiger charge is 1.52. The second-order valence-corrected chi connectivity index (χ2v) is 0.702. The van der Waals surface area contributed by atoms with Gasteiger partial charge in [-0.15, -0.1) is 6.42 Å². The molecule has 0 saturated heterocycles. The molecule has 0 spiro atoms. The molecule has 0 aromatic rings. The van der Waals surface area contributed by atoms with E-state index in [1.807, 2.05) is 6.92 Å². The van der Waals surface area contributed by atoms with Crippen molar-refractivity contribution in [2.24, 2.45) is 0 Å². The monoisotopic (exact) mass is 77.0 g/mol. The maximum absolute atomic E-state index is 4.77. The molecule has 6 heavy (non-hydrogen) atoms. The van der Waals surface area contributed by atoms with Crippen LogP contribution in [0.1, 0.15) is 6.92 Å². The Balaban J connectivity index is 3.22. The lowest BCUT2D eigenvalue weighted by molar-refractivity contribution is 1.62. The van der Waals surface area contributed by atoms with Gasteiger partial charge in [-0.2, -0.15) is 0 Å². The molecule has 0 atom stereocenters. The molecule has 0 aromatic heterocycles. The molecule has 0 saturated carbocycles. The third kappa shape index (κ3) is 3.12. The zero-order valence-electron chi connectivity index (χ0n) is 3.65. The predicted molar refractivity (Wildman–Crippen MR) is 26.6 cm³/mol. The summed E-state index contributed by atoms with van der Waals surface area (Å²) in [6, 6.07) is 0. The second-order valence-electron chi connectivity index (χ2n) is 0.702. The highest BCUT2D eigenvalue weighted by atomic mass is 13.6. The highest BCUT2D eigenvalue weighted by molar-refractivity contribution is 5.24. The van der Waals surface area contributed by atoms with Crippen LogP contribution in [0.3, 0.4) is 0 Å². The molecule has 0 N–H and O–H groups in total. The van der Waals surface area contributed by atoms with Crippen LogP contribution in [-0.4, -0.2) is 0 Å². The van der Waals surface area contributed by atoms with Crippen molar-refractivity contribution in [2.45, 2.75) is 6.92 Å². The Morgan fingerprint density at radius 2 is 2.33 bits per heavy atom. The third-order valence-corrected chi connectivity index (χ3v) is 0.289. The zero-order valence-corrected chi connectivity index (χ0v) is 3.65. The Morgan fingerprint density at radius 1 is 1.67 bits per heavy atom. The van der Waals surface area contributed by atoms with Crippen molar-refractivity contribution in [3.8, 4) is 24.2 Å². The average Bonchev–Trinajstić information content (AvgIpc) is 1.61. The predicted octanol–water partition coefficient (Wildman–Crippen LogP) is 0.847. The summed E-state index contributed by atoms with van der Waals surface area (Å²) >= 11 is 0. The molecule has 0 nitrogen and oxygen atoms in total. The van der Waals surface area contributed by atoms with Gasteiger partial charge in [-0.1, -0.05) is 12.8 Å². The summed E-state index contributed by atoms with van der Waals surface area (Å²) < 4.78 is 0. The molecule has 0 aliphatic carbocycles. The van der Waals surface area contributed by atoms with E-state index in [2.05, 4.69) is 17.8 Å². The van der Waals surface area contributed by atoms with Crippen LogP contribution in [0.25, 0.3) is 0 Å². The zero-order chi connectivity index (χ0) is 4.83. The number of terminal acetylenes is 1. The Bertz CT molecular complexity index is 104. The minimum absolute atomic E-state index is 1.71. The lowest BCUT2D eigenvalue weighted by atomic mass is 10.5. The minimum atomic E-state index is 1.71. The molecule has 0 rings (SSSR count). The van der Waals surface area contributed by atoms with Crippen LogP contribution >= 0.6 is 0 Å². The molecule has 0 aliphatic rings. The van der Waals surface area contributed by atoms with Gasteiger partial charge in [0.1, 0.15) is 0 Å². The molecular weight excluding hydrogens is 72.1 g/mol. The van der Waals surface area contributed by atoms with Crippen molar-refractivity contribution in [1.82, 2.24) is 0 Å². The lowest BCUT2D eigenvalue weighted by Gasteiger charge is -1.57. The summed E-state index contributed by atoms with van der Waals surface area (Å²) in [5.74, 6) is 7.18. The first kappa shape index (κ1) is 5.12.